The van der Waals surface area contributed by atoms with Gasteiger partial charge in [0.1, 0.15) is 0 Å². The van der Waals surface area contributed by atoms with E-state index in [-0.39, 0.29) is 6.54 Å². The number of carbonyl (C=O) groups is 1. The van der Waals surface area contributed by atoms with E-state index in [1.54, 1.807) is 13.8 Å². The molecule has 0 radical (unpaired) electrons. The van der Waals surface area contributed by atoms with Crippen LogP contribution in [0.1, 0.15) is 26.7 Å². The number of halogens is 3. The molecule has 4 nitrogen and oxygen atoms in total. The van der Waals surface area contributed by atoms with Crippen LogP contribution in [0.25, 0.3) is 0 Å². The molecular formula is C10H19F3N2O2. The molecule has 0 bridgehead atoms. The maximum atomic E-state index is 11.8. The highest BCUT2D eigenvalue weighted by atomic mass is 19.4. The van der Waals surface area contributed by atoms with E-state index < -0.39 is 30.8 Å². The summed E-state index contributed by atoms with van der Waals surface area (Å²) in [7, 11) is 0. The maximum Gasteiger partial charge on any atom is 0.401 e. The average molecular weight is 256 g/mol. The second-order valence-electron chi connectivity index (χ2n) is 3.93. The van der Waals surface area contributed by atoms with Crippen LogP contribution in [0, 0.1) is 0 Å². The molecule has 1 amide bonds. The summed E-state index contributed by atoms with van der Waals surface area (Å²) in [6.07, 6.45) is -3.38. The zero-order valence-electron chi connectivity index (χ0n) is 10.0. The molecule has 0 spiro atoms. The number of carbonyl (C=O) groups excluding carboxylic acids is 1. The van der Waals surface area contributed by atoms with Crippen molar-refractivity contribution < 1.29 is 23.1 Å². The molecule has 0 saturated heterocycles. The highest BCUT2D eigenvalue weighted by Crippen LogP contribution is 2.13. The van der Waals surface area contributed by atoms with Gasteiger partial charge in [0.05, 0.1) is 18.7 Å². The third kappa shape index (κ3) is 7.98. The lowest BCUT2D eigenvalue weighted by atomic mass is 9.98. The molecule has 0 aliphatic carbocycles. The van der Waals surface area contributed by atoms with Gasteiger partial charge in [-0.25, -0.2) is 0 Å². The molecule has 0 heterocycles. The fourth-order valence-corrected chi connectivity index (χ4v) is 1.14. The van der Waals surface area contributed by atoms with Crippen molar-refractivity contribution >= 4 is 5.91 Å². The first-order valence-corrected chi connectivity index (χ1v) is 5.49. The molecule has 102 valence electrons. The third-order valence-corrected chi connectivity index (χ3v) is 2.54. The van der Waals surface area contributed by atoms with E-state index in [1.807, 2.05) is 5.32 Å². The number of aliphatic hydroxyl groups is 1. The Bertz CT molecular complexity index is 240. The lowest BCUT2D eigenvalue weighted by Crippen LogP contribution is -2.45. The highest BCUT2D eigenvalue weighted by molar-refractivity contribution is 5.78. The molecular weight excluding hydrogens is 237 g/mol. The summed E-state index contributed by atoms with van der Waals surface area (Å²) in [6.45, 7) is 1.98. The van der Waals surface area contributed by atoms with Crippen molar-refractivity contribution in [1.82, 2.24) is 10.6 Å². The minimum atomic E-state index is -4.33. The monoisotopic (exact) mass is 256 g/mol. The van der Waals surface area contributed by atoms with E-state index >= 15 is 0 Å². The van der Waals surface area contributed by atoms with Gasteiger partial charge in [0.2, 0.25) is 5.91 Å². The van der Waals surface area contributed by atoms with Gasteiger partial charge in [0.15, 0.2) is 0 Å². The van der Waals surface area contributed by atoms with Crippen LogP contribution in [-0.4, -0.2) is 42.4 Å². The standard InChI is InChI=1S/C10H19F3N2O2/c1-3-9(17,4-2)6-15-8(16)5-14-7-10(11,12)13/h14,17H,3-7H2,1-2H3,(H,15,16). The van der Waals surface area contributed by atoms with Gasteiger partial charge in [-0.05, 0) is 12.8 Å². The summed E-state index contributed by atoms with van der Waals surface area (Å²) in [5.74, 6) is -0.561. The van der Waals surface area contributed by atoms with Crippen molar-refractivity contribution in [2.75, 3.05) is 19.6 Å². The van der Waals surface area contributed by atoms with Gasteiger partial charge in [0.25, 0.3) is 0 Å². The predicted octanol–water partition coefficient (Wildman–Crippen LogP) is 0.806. The van der Waals surface area contributed by atoms with Crippen LogP contribution in [0.4, 0.5) is 13.2 Å². The second-order valence-corrected chi connectivity index (χ2v) is 3.93. The minimum Gasteiger partial charge on any atom is -0.388 e. The normalized spacial score (nSPS) is 12.6. The van der Waals surface area contributed by atoms with E-state index in [9.17, 15) is 23.1 Å². The Labute approximate surface area is 98.6 Å². The second kappa shape index (κ2) is 6.80. The lowest BCUT2D eigenvalue weighted by molar-refractivity contribution is -0.129. The Morgan fingerprint density at radius 3 is 2.12 bits per heavy atom. The molecule has 17 heavy (non-hydrogen) atoms. The van der Waals surface area contributed by atoms with Crippen LogP contribution >= 0.6 is 0 Å². The number of nitrogens with one attached hydrogen (secondary N) is 2. The molecule has 0 rings (SSSR count). The summed E-state index contributed by atoms with van der Waals surface area (Å²) < 4.78 is 35.3. The van der Waals surface area contributed by atoms with E-state index in [0.717, 1.165) is 0 Å². The Morgan fingerprint density at radius 1 is 1.18 bits per heavy atom. The van der Waals surface area contributed by atoms with Gasteiger partial charge in [-0.1, -0.05) is 13.8 Å². The molecule has 0 unspecified atom stereocenters. The van der Waals surface area contributed by atoms with E-state index in [2.05, 4.69) is 5.32 Å². The number of rotatable bonds is 7. The van der Waals surface area contributed by atoms with Gasteiger partial charge >= 0.3 is 6.18 Å². The van der Waals surface area contributed by atoms with E-state index in [1.165, 1.54) is 0 Å². The molecule has 0 aromatic rings. The highest BCUT2D eigenvalue weighted by Gasteiger charge is 2.27. The summed E-state index contributed by atoms with van der Waals surface area (Å²) in [6, 6.07) is 0. The lowest BCUT2D eigenvalue weighted by Gasteiger charge is -2.25. The van der Waals surface area contributed by atoms with Crippen LogP contribution in [0.15, 0.2) is 0 Å². The summed E-state index contributed by atoms with van der Waals surface area (Å²) in [5, 5.41) is 14.2. The van der Waals surface area contributed by atoms with Crippen molar-refractivity contribution in [3.05, 3.63) is 0 Å². The Balaban J connectivity index is 3.81. The zero-order chi connectivity index (χ0) is 13.5. The van der Waals surface area contributed by atoms with Gasteiger partial charge in [0, 0.05) is 6.54 Å². The van der Waals surface area contributed by atoms with E-state index in [4.69, 9.17) is 0 Å². The van der Waals surface area contributed by atoms with Crippen LogP contribution in [0.2, 0.25) is 0 Å². The van der Waals surface area contributed by atoms with Crippen molar-refractivity contribution in [3.8, 4) is 0 Å². The number of hydrogen-bond donors (Lipinski definition) is 3. The Hall–Kier alpha value is -0.820. The first-order chi connectivity index (χ1) is 7.72. The van der Waals surface area contributed by atoms with Crippen LogP contribution in [0.5, 0.6) is 0 Å². The molecule has 0 saturated carbocycles. The molecule has 0 aliphatic heterocycles. The number of hydrogen-bond acceptors (Lipinski definition) is 3. The van der Waals surface area contributed by atoms with Crippen LogP contribution in [0.3, 0.4) is 0 Å². The molecule has 0 atom stereocenters. The largest absolute Gasteiger partial charge is 0.401 e. The Morgan fingerprint density at radius 2 is 1.71 bits per heavy atom. The van der Waals surface area contributed by atoms with Crippen molar-refractivity contribution in [2.24, 2.45) is 0 Å². The quantitative estimate of drug-likeness (QED) is 0.631. The summed E-state index contributed by atoms with van der Waals surface area (Å²) in [4.78, 5) is 11.2. The molecule has 3 N–H and O–H groups in total. The van der Waals surface area contributed by atoms with E-state index in [0.29, 0.717) is 12.8 Å². The van der Waals surface area contributed by atoms with Crippen molar-refractivity contribution in [1.29, 1.82) is 0 Å². The first-order valence-electron chi connectivity index (χ1n) is 5.49. The summed E-state index contributed by atoms with van der Waals surface area (Å²) >= 11 is 0. The SMILES string of the molecule is CCC(O)(CC)CNC(=O)CNCC(F)(F)F. The fraction of sp³-hybridized carbons (Fsp3) is 0.900. The average Bonchev–Trinajstić information content (AvgIpc) is 2.24. The topological polar surface area (TPSA) is 61.4 Å². The third-order valence-electron chi connectivity index (χ3n) is 2.54. The van der Waals surface area contributed by atoms with Crippen molar-refractivity contribution in [2.45, 2.75) is 38.5 Å². The van der Waals surface area contributed by atoms with Crippen LogP contribution in [-0.2, 0) is 4.79 Å². The fourth-order valence-electron chi connectivity index (χ4n) is 1.14. The molecule has 0 aromatic carbocycles. The zero-order valence-corrected chi connectivity index (χ0v) is 10.0. The van der Waals surface area contributed by atoms with Gasteiger partial charge in [-0.15, -0.1) is 0 Å². The van der Waals surface area contributed by atoms with Crippen molar-refractivity contribution in [3.63, 3.8) is 0 Å². The van der Waals surface area contributed by atoms with Gasteiger partial charge in [-0.2, -0.15) is 13.2 Å². The smallest absolute Gasteiger partial charge is 0.388 e. The summed E-state index contributed by atoms with van der Waals surface area (Å²) in [5.41, 5.74) is -0.986. The Kier molecular flexibility index (Phi) is 6.48. The first kappa shape index (κ1) is 16.2. The predicted molar refractivity (Wildman–Crippen MR) is 57.5 cm³/mol. The number of alkyl halides is 3. The molecule has 0 aromatic heterocycles. The minimum absolute atomic E-state index is 0.0481. The maximum absolute atomic E-state index is 11.8. The number of amides is 1. The molecule has 7 heteroatoms. The van der Waals surface area contributed by atoms with Crippen LogP contribution < -0.4 is 10.6 Å². The molecule has 0 fully saturated rings. The van der Waals surface area contributed by atoms with Gasteiger partial charge < -0.3 is 15.7 Å². The van der Waals surface area contributed by atoms with Gasteiger partial charge in [-0.3, -0.25) is 4.79 Å². The molecule has 0 aliphatic rings.